The van der Waals surface area contributed by atoms with E-state index in [1.807, 2.05) is 6.07 Å². The predicted molar refractivity (Wildman–Crippen MR) is 128 cm³/mol. The Morgan fingerprint density at radius 3 is 2.25 bits per heavy atom. The topological polar surface area (TPSA) is 91.6 Å². The fourth-order valence-corrected chi connectivity index (χ4v) is 5.48. The summed E-state index contributed by atoms with van der Waals surface area (Å²) < 4.78 is 41.3. The van der Waals surface area contributed by atoms with E-state index in [2.05, 4.69) is 5.32 Å². The molecule has 4 aromatic rings. The highest BCUT2D eigenvalue weighted by Gasteiger charge is 2.46. The number of amides is 1. The maximum atomic E-state index is 13.5. The van der Waals surface area contributed by atoms with Gasteiger partial charge in [0.2, 0.25) is 0 Å². The van der Waals surface area contributed by atoms with Crippen LogP contribution in [0.5, 0.6) is 0 Å². The number of carbonyl (C=O) groups excluding carboxylic acids is 1. The molecule has 1 saturated carbocycles. The van der Waals surface area contributed by atoms with Crippen molar-refractivity contribution < 1.29 is 33.0 Å². The van der Waals surface area contributed by atoms with E-state index < -0.39 is 23.2 Å². The first-order chi connectivity index (χ1) is 17.1. The van der Waals surface area contributed by atoms with Crippen LogP contribution in [0.4, 0.5) is 13.2 Å². The van der Waals surface area contributed by atoms with E-state index in [0.29, 0.717) is 34.4 Å². The fourth-order valence-electron chi connectivity index (χ4n) is 4.41. The second-order valence-corrected chi connectivity index (χ2v) is 9.97. The summed E-state index contributed by atoms with van der Waals surface area (Å²) >= 11 is 1.29. The number of nitrogens with one attached hydrogen (secondary N) is 1. The van der Waals surface area contributed by atoms with E-state index in [9.17, 15) is 27.9 Å². The summed E-state index contributed by atoms with van der Waals surface area (Å²) in [6, 6.07) is 13.1. The first kappa shape index (κ1) is 24.1. The van der Waals surface area contributed by atoms with Gasteiger partial charge in [-0.25, -0.2) is 4.79 Å². The molecule has 2 aromatic carbocycles. The third kappa shape index (κ3) is 4.38. The number of aromatic carboxylic acids is 1. The van der Waals surface area contributed by atoms with Crippen molar-refractivity contribution in [2.75, 3.05) is 0 Å². The van der Waals surface area contributed by atoms with Crippen molar-refractivity contribution in [3.63, 3.8) is 0 Å². The molecule has 0 aliphatic heterocycles. The minimum atomic E-state index is -4.42. The number of aliphatic hydroxyl groups is 1. The number of benzene rings is 2. The van der Waals surface area contributed by atoms with E-state index >= 15 is 0 Å². The molecule has 0 atom stereocenters. The van der Waals surface area contributed by atoms with Crippen molar-refractivity contribution in [3.8, 4) is 0 Å². The van der Waals surface area contributed by atoms with Crippen molar-refractivity contribution in [2.45, 2.75) is 37.7 Å². The summed E-state index contributed by atoms with van der Waals surface area (Å²) in [7, 11) is 0. The van der Waals surface area contributed by atoms with E-state index in [0.717, 1.165) is 22.4 Å². The van der Waals surface area contributed by atoms with Crippen LogP contribution in [0, 0.1) is 0 Å². The normalized spacial score (nSPS) is 14.7. The van der Waals surface area contributed by atoms with Gasteiger partial charge in [0.05, 0.1) is 39.1 Å². The minimum Gasteiger partial charge on any atom is -0.478 e. The van der Waals surface area contributed by atoms with Crippen molar-refractivity contribution in [3.05, 3.63) is 93.5 Å². The van der Waals surface area contributed by atoms with Gasteiger partial charge in [0.15, 0.2) is 0 Å². The van der Waals surface area contributed by atoms with Gasteiger partial charge in [0.1, 0.15) is 0 Å². The molecule has 0 bridgehead atoms. The third-order valence-electron chi connectivity index (χ3n) is 6.47. The number of alkyl halides is 3. The van der Waals surface area contributed by atoms with Crippen molar-refractivity contribution in [1.82, 2.24) is 9.88 Å². The number of aliphatic hydroxyl groups excluding tert-OH is 1. The molecule has 0 saturated heterocycles. The molecule has 2 aromatic heterocycles. The van der Waals surface area contributed by atoms with Gasteiger partial charge in [-0.05, 0) is 54.3 Å². The molecule has 0 unspecified atom stereocenters. The number of carboxylic acid groups (broad SMARTS) is 1. The molecule has 2 heterocycles. The van der Waals surface area contributed by atoms with Gasteiger partial charge in [0.25, 0.3) is 5.91 Å². The molecule has 10 heteroatoms. The monoisotopic (exact) mass is 514 g/mol. The predicted octanol–water partition coefficient (Wildman–Crippen LogP) is 5.38. The summed E-state index contributed by atoms with van der Waals surface area (Å²) in [6.45, 7) is -0.0754. The first-order valence-electron chi connectivity index (χ1n) is 11.2. The number of fused-ring (bicyclic) bond motifs is 1. The summed E-state index contributed by atoms with van der Waals surface area (Å²) in [5.41, 5.74) is 1.21. The zero-order chi connectivity index (χ0) is 25.7. The molecule has 36 heavy (non-hydrogen) atoms. The van der Waals surface area contributed by atoms with Crippen LogP contribution in [0.15, 0.2) is 60.8 Å². The lowest BCUT2D eigenvalue weighted by atomic mass is 10.0. The summed E-state index contributed by atoms with van der Waals surface area (Å²) in [5, 5.41) is 22.2. The molecule has 3 N–H and O–H groups in total. The average molecular weight is 515 g/mol. The van der Waals surface area contributed by atoms with Crippen LogP contribution in [0.1, 0.15) is 55.1 Å². The Morgan fingerprint density at radius 2 is 1.69 bits per heavy atom. The molecule has 6 nitrogen and oxygen atoms in total. The maximum absolute atomic E-state index is 13.5. The van der Waals surface area contributed by atoms with Crippen LogP contribution >= 0.6 is 11.3 Å². The van der Waals surface area contributed by atoms with Crippen LogP contribution in [-0.4, -0.2) is 26.7 Å². The number of thiophene rings is 1. The van der Waals surface area contributed by atoms with Crippen LogP contribution in [0.25, 0.3) is 10.2 Å². The number of nitrogens with zero attached hydrogens (tertiary/aromatic N) is 1. The Hall–Kier alpha value is -3.63. The van der Waals surface area contributed by atoms with E-state index in [1.54, 1.807) is 22.9 Å². The Balaban J connectivity index is 1.44. The second kappa shape index (κ2) is 8.79. The molecule has 1 aliphatic carbocycles. The van der Waals surface area contributed by atoms with Crippen molar-refractivity contribution >= 4 is 33.4 Å². The lowest BCUT2D eigenvalue weighted by Crippen LogP contribution is -2.35. The van der Waals surface area contributed by atoms with Gasteiger partial charge in [-0.2, -0.15) is 13.2 Å². The van der Waals surface area contributed by atoms with Gasteiger partial charge < -0.3 is 20.1 Å². The third-order valence-corrected chi connectivity index (χ3v) is 7.60. The molecular formula is C26H21F3N2O4S. The van der Waals surface area contributed by atoms with Crippen LogP contribution in [0.2, 0.25) is 0 Å². The van der Waals surface area contributed by atoms with Gasteiger partial charge in [-0.1, -0.05) is 24.3 Å². The lowest BCUT2D eigenvalue weighted by Gasteiger charge is -2.19. The molecule has 1 amide bonds. The number of halogens is 3. The van der Waals surface area contributed by atoms with Gasteiger partial charge in [-0.3, -0.25) is 4.79 Å². The summed E-state index contributed by atoms with van der Waals surface area (Å²) in [5.74, 6) is -1.39. The molecule has 186 valence electrons. The second-order valence-electron chi connectivity index (χ2n) is 8.83. The van der Waals surface area contributed by atoms with Crippen molar-refractivity contribution in [2.24, 2.45) is 0 Å². The van der Waals surface area contributed by atoms with Gasteiger partial charge in [0, 0.05) is 17.6 Å². The van der Waals surface area contributed by atoms with Gasteiger partial charge in [-0.15, -0.1) is 11.3 Å². The number of hydrogen-bond donors (Lipinski definition) is 3. The molecule has 5 rings (SSSR count). The Bertz CT molecular complexity index is 1450. The largest absolute Gasteiger partial charge is 0.478 e. The Labute approximate surface area is 207 Å². The SMILES string of the molecule is O=C(O)c1ccc(C2(NC(=O)c3c(CO)sc4ccn(Cc5ccc(C(F)(F)F)cc5)c34)CC2)cc1. The smallest absolute Gasteiger partial charge is 0.416 e. The number of aromatic nitrogens is 1. The number of hydrogen-bond acceptors (Lipinski definition) is 4. The van der Waals surface area contributed by atoms with E-state index in [1.165, 1.54) is 35.6 Å². The Morgan fingerprint density at radius 1 is 1.03 bits per heavy atom. The Kier molecular flexibility index (Phi) is 5.88. The molecule has 1 fully saturated rings. The highest BCUT2D eigenvalue weighted by atomic mass is 32.1. The van der Waals surface area contributed by atoms with E-state index in [4.69, 9.17) is 5.11 Å². The average Bonchev–Trinajstić information content (AvgIpc) is 3.38. The van der Waals surface area contributed by atoms with Crippen LogP contribution < -0.4 is 5.32 Å². The van der Waals surface area contributed by atoms with Crippen LogP contribution in [0.3, 0.4) is 0 Å². The highest BCUT2D eigenvalue weighted by Crippen LogP contribution is 2.46. The highest BCUT2D eigenvalue weighted by molar-refractivity contribution is 7.19. The first-order valence-corrected chi connectivity index (χ1v) is 12.0. The standard InChI is InChI=1S/C26H21F3N2O4S/c27-26(28,29)18-5-1-15(2-6-18)13-31-12-9-19-22(31)21(20(14-32)36-19)23(33)30-25(10-11-25)17-7-3-16(4-8-17)24(34)35/h1-9,12,32H,10-11,13-14H2,(H,30,33)(H,34,35). The lowest BCUT2D eigenvalue weighted by molar-refractivity contribution is -0.137. The van der Waals surface area contributed by atoms with Crippen LogP contribution in [-0.2, 0) is 24.9 Å². The summed E-state index contributed by atoms with van der Waals surface area (Å²) in [6.07, 6.45) is -1.26. The minimum absolute atomic E-state index is 0.157. The zero-order valence-corrected chi connectivity index (χ0v) is 19.6. The fraction of sp³-hybridized carbons (Fsp3) is 0.231. The number of rotatable bonds is 7. The molecule has 0 spiro atoms. The molecular weight excluding hydrogens is 493 g/mol. The molecule has 1 aliphatic rings. The van der Waals surface area contributed by atoms with E-state index in [-0.39, 0.29) is 24.6 Å². The zero-order valence-electron chi connectivity index (χ0n) is 18.8. The van der Waals surface area contributed by atoms with Crippen molar-refractivity contribution in [1.29, 1.82) is 0 Å². The molecule has 0 radical (unpaired) electrons. The maximum Gasteiger partial charge on any atom is 0.416 e. The van der Waals surface area contributed by atoms with Gasteiger partial charge >= 0.3 is 12.1 Å². The summed E-state index contributed by atoms with van der Waals surface area (Å²) in [4.78, 5) is 25.2. The number of carbonyl (C=O) groups is 2. The quantitative estimate of drug-likeness (QED) is 0.309. The number of carboxylic acids is 1.